The lowest BCUT2D eigenvalue weighted by Crippen LogP contribution is -2.09. The minimum Gasteiger partial charge on any atom is -0.382 e. The molecule has 78 valence electrons. The molecule has 5 heteroatoms. The number of anilines is 2. The summed E-state index contributed by atoms with van der Waals surface area (Å²) in [6.07, 6.45) is 3.38. The van der Waals surface area contributed by atoms with Gasteiger partial charge < -0.3 is 11.5 Å². The van der Waals surface area contributed by atoms with Gasteiger partial charge in [-0.05, 0) is 6.42 Å². The van der Waals surface area contributed by atoms with Gasteiger partial charge in [-0.3, -0.25) is 0 Å². The minimum absolute atomic E-state index is 0.133. The molecule has 1 aromatic rings. The Balaban J connectivity index is 2.74. The van der Waals surface area contributed by atoms with Crippen LogP contribution in [-0.2, 0) is 0 Å². The lowest BCUT2D eigenvalue weighted by Gasteiger charge is -2.10. The summed E-state index contributed by atoms with van der Waals surface area (Å²) in [6, 6.07) is 0. The second kappa shape index (κ2) is 4.74. The number of hydrogen-bond acceptors (Lipinski definition) is 5. The zero-order valence-corrected chi connectivity index (χ0v) is 8.70. The van der Waals surface area contributed by atoms with Crippen LogP contribution in [0.1, 0.15) is 44.7 Å². The van der Waals surface area contributed by atoms with E-state index in [1.54, 1.807) is 0 Å². The second-order valence-electron chi connectivity index (χ2n) is 3.48. The number of aromatic nitrogens is 3. The average Bonchev–Trinajstić information content (AvgIpc) is 2.14. The van der Waals surface area contributed by atoms with E-state index in [9.17, 15) is 0 Å². The number of unbranched alkanes of at least 4 members (excludes halogenated alkanes) is 1. The van der Waals surface area contributed by atoms with E-state index in [4.69, 9.17) is 11.5 Å². The van der Waals surface area contributed by atoms with Crippen LogP contribution in [0.3, 0.4) is 0 Å². The van der Waals surface area contributed by atoms with Crippen LogP contribution in [-0.4, -0.2) is 15.2 Å². The Labute approximate surface area is 83.9 Å². The molecular formula is C9H17N5. The molecule has 1 aromatic heterocycles. The number of rotatable bonds is 4. The van der Waals surface area contributed by atoms with Crippen molar-refractivity contribution in [3.63, 3.8) is 0 Å². The maximum absolute atomic E-state index is 5.70. The van der Waals surface area contributed by atoms with Gasteiger partial charge in [-0.15, -0.1) is 10.2 Å². The first-order valence-electron chi connectivity index (χ1n) is 4.90. The second-order valence-corrected chi connectivity index (χ2v) is 3.48. The fourth-order valence-corrected chi connectivity index (χ4v) is 1.36. The molecule has 0 fully saturated rings. The van der Waals surface area contributed by atoms with Crippen LogP contribution in [0.15, 0.2) is 0 Å². The molecule has 1 rings (SSSR count). The van der Waals surface area contributed by atoms with Gasteiger partial charge in [-0.2, -0.15) is 4.98 Å². The zero-order valence-electron chi connectivity index (χ0n) is 8.70. The van der Waals surface area contributed by atoms with Crippen LogP contribution in [0.4, 0.5) is 11.8 Å². The predicted octanol–water partition coefficient (Wildman–Crippen LogP) is 1.33. The van der Waals surface area contributed by atoms with Crippen molar-refractivity contribution in [2.75, 3.05) is 11.5 Å². The van der Waals surface area contributed by atoms with Crippen molar-refractivity contribution in [1.29, 1.82) is 0 Å². The molecule has 1 atom stereocenters. The van der Waals surface area contributed by atoms with E-state index < -0.39 is 0 Å². The maximum Gasteiger partial charge on any atom is 0.242 e. The molecule has 0 amide bonds. The Hall–Kier alpha value is -1.39. The molecule has 4 N–H and O–H groups in total. The average molecular weight is 195 g/mol. The first-order chi connectivity index (χ1) is 6.65. The molecule has 0 saturated carbocycles. The van der Waals surface area contributed by atoms with Gasteiger partial charge in [0.05, 0.1) is 0 Å². The zero-order chi connectivity index (χ0) is 10.6. The van der Waals surface area contributed by atoms with Gasteiger partial charge in [0.25, 0.3) is 0 Å². The summed E-state index contributed by atoms with van der Waals surface area (Å²) in [5.74, 6) is 0.839. The summed E-state index contributed by atoms with van der Waals surface area (Å²) >= 11 is 0. The highest BCUT2D eigenvalue weighted by molar-refractivity contribution is 5.38. The van der Waals surface area contributed by atoms with Crippen molar-refractivity contribution < 1.29 is 0 Å². The van der Waals surface area contributed by atoms with E-state index in [2.05, 4.69) is 29.0 Å². The fraction of sp³-hybridized carbons (Fsp3) is 0.667. The lowest BCUT2D eigenvalue weighted by atomic mass is 10.0. The smallest absolute Gasteiger partial charge is 0.242 e. The van der Waals surface area contributed by atoms with Crippen LogP contribution < -0.4 is 11.5 Å². The Morgan fingerprint density at radius 2 is 2.00 bits per heavy atom. The molecule has 0 aliphatic carbocycles. The molecular weight excluding hydrogens is 178 g/mol. The summed E-state index contributed by atoms with van der Waals surface area (Å²) in [7, 11) is 0. The van der Waals surface area contributed by atoms with Crippen LogP contribution in [0.25, 0.3) is 0 Å². The highest BCUT2D eigenvalue weighted by Gasteiger charge is 2.12. The molecule has 0 radical (unpaired) electrons. The number of hydrogen-bond donors (Lipinski definition) is 2. The van der Waals surface area contributed by atoms with E-state index in [1.807, 2.05) is 0 Å². The quantitative estimate of drug-likeness (QED) is 0.756. The van der Waals surface area contributed by atoms with Crippen LogP contribution in [0.5, 0.6) is 0 Å². The van der Waals surface area contributed by atoms with Crippen molar-refractivity contribution in [1.82, 2.24) is 15.2 Å². The number of nitrogens with two attached hydrogens (primary N) is 2. The van der Waals surface area contributed by atoms with Gasteiger partial charge >= 0.3 is 0 Å². The SMILES string of the molecule is CCCCC(C)c1nnc(N)nc1N. The van der Waals surface area contributed by atoms with Crippen LogP contribution >= 0.6 is 0 Å². The van der Waals surface area contributed by atoms with Crippen molar-refractivity contribution in [3.8, 4) is 0 Å². The van der Waals surface area contributed by atoms with Crippen molar-refractivity contribution in [2.45, 2.75) is 39.0 Å². The van der Waals surface area contributed by atoms with E-state index in [0.717, 1.165) is 18.5 Å². The van der Waals surface area contributed by atoms with E-state index in [0.29, 0.717) is 11.7 Å². The van der Waals surface area contributed by atoms with Gasteiger partial charge in [0.15, 0.2) is 5.82 Å². The highest BCUT2D eigenvalue weighted by atomic mass is 15.2. The molecule has 0 aromatic carbocycles. The van der Waals surface area contributed by atoms with E-state index >= 15 is 0 Å². The first kappa shape index (κ1) is 10.7. The third kappa shape index (κ3) is 2.55. The molecule has 0 spiro atoms. The number of nitrogens with zero attached hydrogens (tertiary/aromatic N) is 3. The predicted molar refractivity (Wildman–Crippen MR) is 56.6 cm³/mol. The van der Waals surface area contributed by atoms with Crippen molar-refractivity contribution >= 4 is 11.8 Å². The standard InChI is InChI=1S/C9H17N5/c1-3-4-5-6(2)7-8(10)12-9(11)14-13-7/h6H,3-5H2,1-2H3,(H4,10,11,12,14). The minimum atomic E-state index is 0.133. The molecule has 0 saturated heterocycles. The van der Waals surface area contributed by atoms with Gasteiger partial charge in [0.2, 0.25) is 5.95 Å². The Morgan fingerprint density at radius 1 is 1.29 bits per heavy atom. The fourth-order valence-electron chi connectivity index (χ4n) is 1.36. The Kier molecular flexibility index (Phi) is 3.62. The summed E-state index contributed by atoms with van der Waals surface area (Å²) in [4.78, 5) is 3.88. The van der Waals surface area contributed by atoms with Gasteiger partial charge in [-0.1, -0.05) is 26.7 Å². The first-order valence-corrected chi connectivity index (χ1v) is 4.90. The van der Waals surface area contributed by atoms with Gasteiger partial charge in [0, 0.05) is 5.92 Å². The molecule has 1 heterocycles. The Bertz CT molecular complexity index is 299. The van der Waals surface area contributed by atoms with E-state index in [1.165, 1.54) is 6.42 Å². The van der Waals surface area contributed by atoms with Crippen molar-refractivity contribution in [3.05, 3.63) is 5.69 Å². The summed E-state index contributed by atoms with van der Waals surface area (Å²) in [6.45, 7) is 4.23. The molecule has 14 heavy (non-hydrogen) atoms. The van der Waals surface area contributed by atoms with Gasteiger partial charge in [0.1, 0.15) is 5.69 Å². The van der Waals surface area contributed by atoms with Crippen LogP contribution in [0.2, 0.25) is 0 Å². The van der Waals surface area contributed by atoms with Crippen molar-refractivity contribution in [2.24, 2.45) is 0 Å². The normalized spacial score (nSPS) is 12.7. The highest BCUT2D eigenvalue weighted by Crippen LogP contribution is 2.22. The molecule has 1 unspecified atom stereocenters. The summed E-state index contributed by atoms with van der Waals surface area (Å²) in [5.41, 5.74) is 11.8. The van der Waals surface area contributed by atoms with E-state index in [-0.39, 0.29) is 5.95 Å². The number of nitrogen functional groups attached to an aromatic ring is 2. The Morgan fingerprint density at radius 3 is 2.57 bits per heavy atom. The van der Waals surface area contributed by atoms with Gasteiger partial charge in [-0.25, -0.2) is 0 Å². The monoisotopic (exact) mass is 195 g/mol. The third-order valence-electron chi connectivity index (χ3n) is 2.22. The molecule has 0 aliphatic heterocycles. The summed E-state index contributed by atoms with van der Waals surface area (Å²) < 4.78 is 0. The largest absolute Gasteiger partial charge is 0.382 e. The maximum atomic E-state index is 5.70. The van der Waals surface area contributed by atoms with Crippen LogP contribution in [0, 0.1) is 0 Å². The third-order valence-corrected chi connectivity index (χ3v) is 2.22. The molecule has 0 bridgehead atoms. The molecule has 0 aliphatic rings. The molecule has 5 nitrogen and oxygen atoms in total. The summed E-state index contributed by atoms with van der Waals surface area (Å²) in [5, 5.41) is 7.67. The topological polar surface area (TPSA) is 90.7 Å². The lowest BCUT2D eigenvalue weighted by molar-refractivity contribution is 0.603.